The van der Waals surface area contributed by atoms with Crippen LogP contribution in [-0.4, -0.2) is 70.1 Å². The van der Waals surface area contributed by atoms with Crippen molar-refractivity contribution in [2.24, 2.45) is 5.92 Å². The zero-order valence-corrected chi connectivity index (χ0v) is 17.4. The number of nitrogens with zero attached hydrogens (tertiary/aromatic N) is 3. The van der Waals surface area contributed by atoms with E-state index in [1.54, 1.807) is 0 Å². The van der Waals surface area contributed by atoms with Crippen LogP contribution in [0.25, 0.3) is 0 Å². The van der Waals surface area contributed by atoms with E-state index in [2.05, 4.69) is 39.2 Å². The van der Waals surface area contributed by atoms with Crippen LogP contribution in [0.15, 0.2) is 5.16 Å². The maximum absolute atomic E-state index is 12.2. The summed E-state index contributed by atoms with van der Waals surface area (Å²) >= 11 is 1.39. The molecule has 1 aliphatic heterocycles. The molecule has 152 valence electrons. The molecule has 1 saturated carbocycles. The zero-order valence-electron chi connectivity index (χ0n) is 16.6. The molecule has 1 aromatic heterocycles. The van der Waals surface area contributed by atoms with Crippen LogP contribution in [-0.2, 0) is 16.0 Å². The fraction of sp³-hybridized carbons (Fsp3) is 0.842. The van der Waals surface area contributed by atoms with Crippen molar-refractivity contribution in [2.45, 2.75) is 63.1 Å². The van der Waals surface area contributed by atoms with Crippen molar-refractivity contribution in [1.82, 2.24) is 25.4 Å². The van der Waals surface area contributed by atoms with E-state index in [0.717, 1.165) is 44.5 Å². The van der Waals surface area contributed by atoms with Gasteiger partial charge in [0.15, 0.2) is 0 Å². The Balaban J connectivity index is 1.35. The lowest BCUT2D eigenvalue weighted by atomic mass is 10.0. The normalized spacial score (nSPS) is 19.5. The number of hydrogen-bond acceptors (Lipinski definition) is 6. The number of H-pyrrole nitrogens is 1. The molecule has 2 heterocycles. The molecule has 0 atom stereocenters. The highest BCUT2D eigenvalue weighted by atomic mass is 32.2. The minimum atomic E-state index is -0.0674. The summed E-state index contributed by atoms with van der Waals surface area (Å²) in [5, 5.41) is 11.0. The second-order valence-electron chi connectivity index (χ2n) is 8.23. The number of carbonyl (C=O) groups is 1. The monoisotopic (exact) mass is 395 g/mol. The van der Waals surface area contributed by atoms with Crippen LogP contribution in [0.4, 0.5) is 0 Å². The van der Waals surface area contributed by atoms with Gasteiger partial charge < -0.3 is 10.1 Å². The van der Waals surface area contributed by atoms with Crippen molar-refractivity contribution in [3.05, 3.63) is 5.82 Å². The molecule has 0 bridgehead atoms. The van der Waals surface area contributed by atoms with E-state index in [9.17, 15) is 4.79 Å². The van der Waals surface area contributed by atoms with E-state index >= 15 is 0 Å². The van der Waals surface area contributed by atoms with Gasteiger partial charge in [-0.1, -0.05) is 37.4 Å². The Kier molecular flexibility index (Phi) is 7.55. The summed E-state index contributed by atoms with van der Waals surface area (Å²) < 4.78 is 5.41. The van der Waals surface area contributed by atoms with E-state index in [4.69, 9.17) is 4.74 Å². The van der Waals surface area contributed by atoms with Gasteiger partial charge in [-0.3, -0.25) is 14.8 Å². The number of nitrogens with one attached hydrogen (secondary N) is 2. The topological polar surface area (TPSA) is 83.1 Å². The molecule has 0 unspecified atom stereocenters. The summed E-state index contributed by atoms with van der Waals surface area (Å²) in [7, 11) is 0. The number of amides is 1. The number of aromatic amines is 1. The van der Waals surface area contributed by atoms with Crippen LogP contribution in [0.5, 0.6) is 0 Å². The van der Waals surface area contributed by atoms with Crippen molar-refractivity contribution in [3.8, 4) is 0 Å². The SMILES string of the molecule is CC(C)(CNC(=O)CSc1n[nH]c(CCC2CCCC2)n1)N1CCOCC1. The molecule has 1 aromatic rings. The van der Waals surface area contributed by atoms with E-state index < -0.39 is 0 Å². The molecule has 2 N–H and O–H groups in total. The maximum atomic E-state index is 12.2. The Labute approximate surface area is 166 Å². The quantitative estimate of drug-likeness (QED) is 0.624. The highest BCUT2D eigenvalue weighted by molar-refractivity contribution is 7.99. The fourth-order valence-electron chi connectivity index (χ4n) is 3.87. The number of carbonyl (C=O) groups excluding carboxylic acids is 1. The third-order valence-corrected chi connectivity index (χ3v) is 6.54. The van der Waals surface area contributed by atoms with Crippen LogP contribution in [0.3, 0.4) is 0 Å². The first-order valence-corrected chi connectivity index (χ1v) is 11.1. The van der Waals surface area contributed by atoms with Gasteiger partial charge >= 0.3 is 0 Å². The third-order valence-electron chi connectivity index (χ3n) is 5.69. The summed E-state index contributed by atoms with van der Waals surface area (Å²) in [6.07, 6.45) is 7.61. The number of aryl methyl sites for hydroxylation is 1. The first kappa shape index (κ1) is 20.6. The van der Waals surface area contributed by atoms with E-state index in [1.165, 1.54) is 43.9 Å². The molecule has 0 aromatic carbocycles. The van der Waals surface area contributed by atoms with Crippen molar-refractivity contribution in [3.63, 3.8) is 0 Å². The molecule has 0 radical (unpaired) electrons. The van der Waals surface area contributed by atoms with Gasteiger partial charge in [0, 0.05) is 31.6 Å². The molecule has 1 amide bonds. The van der Waals surface area contributed by atoms with Crippen molar-refractivity contribution in [2.75, 3.05) is 38.6 Å². The zero-order chi connectivity index (χ0) is 19.1. The van der Waals surface area contributed by atoms with Crippen LogP contribution < -0.4 is 5.32 Å². The number of morpholine rings is 1. The molecular weight excluding hydrogens is 362 g/mol. The Morgan fingerprint density at radius 1 is 1.33 bits per heavy atom. The maximum Gasteiger partial charge on any atom is 0.230 e. The Bertz CT molecular complexity index is 595. The van der Waals surface area contributed by atoms with Gasteiger partial charge in [0.05, 0.1) is 19.0 Å². The lowest BCUT2D eigenvalue weighted by Gasteiger charge is -2.40. The molecule has 7 nitrogen and oxygen atoms in total. The average Bonchev–Trinajstić information content (AvgIpc) is 3.35. The number of aromatic nitrogens is 3. The number of ether oxygens (including phenoxy) is 1. The van der Waals surface area contributed by atoms with Gasteiger partial charge in [-0.2, -0.15) is 0 Å². The van der Waals surface area contributed by atoms with Crippen LogP contribution in [0.1, 0.15) is 51.8 Å². The Morgan fingerprint density at radius 2 is 2.07 bits per heavy atom. The summed E-state index contributed by atoms with van der Waals surface area (Å²) in [6, 6.07) is 0. The molecule has 8 heteroatoms. The Morgan fingerprint density at radius 3 is 2.81 bits per heavy atom. The first-order chi connectivity index (χ1) is 13.0. The lowest BCUT2D eigenvalue weighted by Crippen LogP contribution is -2.55. The summed E-state index contributed by atoms with van der Waals surface area (Å²) in [6.45, 7) is 8.32. The van der Waals surface area contributed by atoms with Crippen molar-refractivity contribution < 1.29 is 9.53 Å². The minimum absolute atomic E-state index is 0.0265. The first-order valence-electron chi connectivity index (χ1n) is 10.2. The van der Waals surface area contributed by atoms with Crippen LogP contribution >= 0.6 is 11.8 Å². The molecule has 2 fully saturated rings. The second kappa shape index (κ2) is 9.89. The molecule has 1 saturated heterocycles. The Hall–Kier alpha value is -1.12. The minimum Gasteiger partial charge on any atom is -0.379 e. The average molecular weight is 396 g/mol. The largest absolute Gasteiger partial charge is 0.379 e. The smallest absolute Gasteiger partial charge is 0.230 e. The van der Waals surface area contributed by atoms with Gasteiger partial charge in [-0.05, 0) is 26.2 Å². The molecule has 2 aliphatic rings. The van der Waals surface area contributed by atoms with Gasteiger partial charge in [-0.15, -0.1) is 5.10 Å². The molecule has 3 rings (SSSR count). The lowest BCUT2D eigenvalue weighted by molar-refractivity contribution is -0.119. The standard InChI is InChI=1S/C19H33N5O2S/c1-19(2,24-9-11-26-12-10-24)14-20-17(25)13-27-18-21-16(22-23-18)8-7-15-5-3-4-6-15/h15H,3-14H2,1-2H3,(H,20,25)(H,21,22,23). The number of rotatable bonds is 9. The predicted molar refractivity (Wildman–Crippen MR) is 107 cm³/mol. The predicted octanol–water partition coefficient (Wildman–Crippen LogP) is 2.25. The summed E-state index contributed by atoms with van der Waals surface area (Å²) in [5.41, 5.74) is -0.0674. The summed E-state index contributed by atoms with van der Waals surface area (Å²) in [5.74, 6) is 2.17. The van der Waals surface area contributed by atoms with Crippen LogP contribution in [0.2, 0.25) is 0 Å². The van der Waals surface area contributed by atoms with Crippen LogP contribution in [0, 0.1) is 5.92 Å². The van der Waals surface area contributed by atoms with Gasteiger partial charge in [-0.25, -0.2) is 4.98 Å². The van der Waals surface area contributed by atoms with Crippen molar-refractivity contribution >= 4 is 17.7 Å². The molecule has 0 spiro atoms. The van der Waals surface area contributed by atoms with Gasteiger partial charge in [0.25, 0.3) is 0 Å². The van der Waals surface area contributed by atoms with Gasteiger partial charge in [0.2, 0.25) is 11.1 Å². The van der Waals surface area contributed by atoms with Gasteiger partial charge in [0.1, 0.15) is 5.82 Å². The third kappa shape index (κ3) is 6.47. The molecular formula is C19H33N5O2S. The number of thioether (sulfide) groups is 1. The second-order valence-corrected chi connectivity index (χ2v) is 9.17. The van der Waals surface area contributed by atoms with Crippen molar-refractivity contribution in [1.29, 1.82) is 0 Å². The highest BCUT2D eigenvalue weighted by Crippen LogP contribution is 2.28. The molecule has 27 heavy (non-hydrogen) atoms. The molecule has 1 aliphatic carbocycles. The van der Waals surface area contributed by atoms with E-state index in [0.29, 0.717) is 17.5 Å². The van der Waals surface area contributed by atoms with E-state index in [1.807, 2.05) is 0 Å². The number of hydrogen-bond donors (Lipinski definition) is 2. The van der Waals surface area contributed by atoms with E-state index in [-0.39, 0.29) is 11.4 Å². The highest BCUT2D eigenvalue weighted by Gasteiger charge is 2.28. The summed E-state index contributed by atoms with van der Waals surface area (Å²) in [4.78, 5) is 19.1. The fourth-order valence-corrected chi connectivity index (χ4v) is 4.52.